The molecule has 0 fully saturated rings. The minimum absolute atomic E-state index is 0.199. The van der Waals surface area contributed by atoms with Crippen molar-refractivity contribution in [3.8, 4) is 0 Å². The van der Waals surface area contributed by atoms with E-state index in [2.05, 4.69) is 13.5 Å². The van der Waals surface area contributed by atoms with E-state index in [9.17, 15) is 0 Å². The first-order valence-corrected chi connectivity index (χ1v) is 10.6. The van der Waals surface area contributed by atoms with Gasteiger partial charge in [0.2, 0.25) is 0 Å². The average Bonchev–Trinajstić information content (AvgIpc) is 2.60. The van der Waals surface area contributed by atoms with Gasteiger partial charge >= 0.3 is 0 Å². The first kappa shape index (κ1) is 23.7. The highest BCUT2D eigenvalue weighted by molar-refractivity contribution is 4.72. The topological polar surface area (TPSA) is 29.5 Å². The maximum absolute atomic E-state index is 9.15. The number of ether oxygens (including phenoxy) is 1. The van der Waals surface area contributed by atoms with Crippen LogP contribution in [0.2, 0.25) is 0 Å². The van der Waals surface area contributed by atoms with E-state index >= 15 is 0 Å². The van der Waals surface area contributed by atoms with Gasteiger partial charge in [-0.1, -0.05) is 96.5 Å². The predicted octanol–water partition coefficient (Wildman–Crippen LogP) is 6.67. The molecule has 0 aliphatic heterocycles. The summed E-state index contributed by atoms with van der Waals surface area (Å²) in [6.07, 6.45) is 22.1. The Morgan fingerprint density at radius 2 is 1.25 bits per heavy atom. The molecule has 0 spiro atoms. The molecule has 2 nitrogen and oxygen atoms in total. The summed E-state index contributed by atoms with van der Waals surface area (Å²) in [5.41, 5.74) is 0. The molecule has 0 heterocycles. The van der Waals surface area contributed by atoms with Gasteiger partial charge in [-0.25, -0.2) is 0 Å². The summed E-state index contributed by atoms with van der Waals surface area (Å²) in [5.74, 6) is 0.231. The molecule has 0 saturated heterocycles. The van der Waals surface area contributed by atoms with Crippen LogP contribution in [-0.4, -0.2) is 24.9 Å². The van der Waals surface area contributed by atoms with E-state index < -0.39 is 0 Å². The zero-order valence-corrected chi connectivity index (χ0v) is 16.4. The molecule has 0 bridgehead atoms. The number of aliphatic hydroxyl groups excluding tert-OH is 1. The van der Waals surface area contributed by atoms with E-state index in [0.717, 1.165) is 19.4 Å². The lowest BCUT2D eigenvalue weighted by Gasteiger charge is -2.12. The van der Waals surface area contributed by atoms with Crippen molar-refractivity contribution < 1.29 is 9.84 Å². The highest BCUT2D eigenvalue weighted by atomic mass is 16.5. The van der Waals surface area contributed by atoms with Crippen molar-refractivity contribution in [3.05, 3.63) is 12.7 Å². The summed E-state index contributed by atoms with van der Waals surface area (Å²) in [6, 6.07) is 0. The van der Waals surface area contributed by atoms with Crippen LogP contribution < -0.4 is 0 Å². The van der Waals surface area contributed by atoms with E-state index in [1.54, 1.807) is 0 Å². The van der Waals surface area contributed by atoms with Crippen molar-refractivity contribution in [2.24, 2.45) is 5.92 Å². The van der Waals surface area contributed by atoms with Gasteiger partial charge in [-0.2, -0.15) is 0 Å². The van der Waals surface area contributed by atoms with Crippen molar-refractivity contribution in [2.75, 3.05) is 19.8 Å². The van der Waals surface area contributed by atoms with Gasteiger partial charge in [0.15, 0.2) is 0 Å². The molecule has 0 aliphatic rings. The molecule has 1 N–H and O–H groups in total. The van der Waals surface area contributed by atoms with Gasteiger partial charge in [-0.05, 0) is 12.8 Å². The molecule has 144 valence electrons. The summed E-state index contributed by atoms with van der Waals surface area (Å²) in [6.45, 7) is 7.69. The van der Waals surface area contributed by atoms with Crippen molar-refractivity contribution >= 4 is 0 Å². The number of allylic oxidation sites excluding steroid dienone is 1. The Bertz CT molecular complexity index is 240. The Morgan fingerprint density at radius 1 is 0.792 bits per heavy atom. The number of hydrogen-bond donors (Lipinski definition) is 1. The Hall–Kier alpha value is -0.340. The molecule has 0 radical (unpaired) electrons. The van der Waals surface area contributed by atoms with Gasteiger partial charge in [-0.3, -0.25) is 0 Å². The van der Waals surface area contributed by atoms with Gasteiger partial charge in [-0.15, -0.1) is 6.58 Å². The third kappa shape index (κ3) is 18.0. The lowest BCUT2D eigenvalue weighted by atomic mass is 10.0. The largest absolute Gasteiger partial charge is 0.396 e. The molecular weight excluding hydrogens is 296 g/mol. The van der Waals surface area contributed by atoms with Crippen LogP contribution >= 0.6 is 0 Å². The summed E-state index contributed by atoms with van der Waals surface area (Å²) in [5, 5.41) is 9.15. The van der Waals surface area contributed by atoms with Crippen LogP contribution in [0, 0.1) is 5.92 Å². The fourth-order valence-corrected chi connectivity index (χ4v) is 3.08. The molecule has 1 atom stereocenters. The molecule has 0 aromatic rings. The Morgan fingerprint density at radius 3 is 1.67 bits per heavy atom. The average molecular weight is 341 g/mol. The smallest absolute Gasteiger partial charge is 0.0519 e. The Kier molecular flexibility index (Phi) is 20.4. The van der Waals surface area contributed by atoms with Gasteiger partial charge in [0.1, 0.15) is 0 Å². The standard InChI is InChI=1S/C22H44O2/c1-3-5-6-7-8-9-10-11-12-13-14-15-16-17-19-24-21-22(20-23)18-4-2/h4,22-23H,2-3,5-21H2,1H3. The number of aliphatic hydroxyl groups is 1. The summed E-state index contributed by atoms with van der Waals surface area (Å²) in [7, 11) is 0. The molecular formula is C22H44O2. The minimum Gasteiger partial charge on any atom is -0.396 e. The number of hydrogen-bond acceptors (Lipinski definition) is 2. The van der Waals surface area contributed by atoms with Crippen molar-refractivity contribution in [3.63, 3.8) is 0 Å². The SMILES string of the molecule is C=CCC(CO)COCCCCCCCCCCCCCCCC. The van der Waals surface area contributed by atoms with Crippen molar-refractivity contribution in [1.29, 1.82) is 0 Å². The lowest BCUT2D eigenvalue weighted by molar-refractivity contribution is 0.0717. The molecule has 0 aromatic heterocycles. The Labute approximate surface area is 152 Å². The molecule has 2 heteroatoms. The summed E-state index contributed by atoms with van der Waals surface area (Å²) >= 11 is 0. The van der Waals surface area contributed by atoms with E-state index in [1.165, 1.54) is 83.5 Å². The van der Waals surface area contributed by atoms with Crippen LogP contribution in [0.25, 0.3) is 0 Å². The molecule has 0 aliphatic carbocycles. The fourth-order valence-electron chi connectivity index (χ4n) is 3.08. The molecule has 0 rings (SSSR count). The quantitative estimate of drug-likeness (QED) is 0.198. The molecule has 0 aromatic carbocycles. The van der Waals surface area contributed by atoms with Crippen LogP contribution in [0.3, 0.4) is 0 Å². The van der Waals surface area contributed by atoms with Crippen LogP contribution in [0.4, 0.5) is 0 Å². The maximum Gasteiger partial charge on any atom is 0.0519 e. The van der Waals surface area contributed by atoms with Crippen LogP contribution in [0.5, 0.6) is 0 Å². The van der Waals surface area contributed by atoms with E-state index in [4.69, 9.17) is 9.84 Å². The van der Waals surface area contributed by atoms with Gasteiger partial charge in [0.05, 0.1) is 6.61 Å². The first-order valence-electron chi connectivity index (χ1n) is 10.6. The maximum atomic E-state index is 9.15. The lowest BCUT2D eigenvalue weighted by Crippen LogP contribution is -2.13. The molecule has 0 amide bonds. The minimum atomic E-state index is 0.199. The van der Waals surface area contributed by atoms with Crippen LogP contribution in [0.1, 0.15) is 103 Å². The highest BCUT2D eigenvalue weighted by Gasteiger charge is 2.04. The second-order valence-electron chi connectivity index (χ2n) is 7.24. The van der Waals surface area contributed by atoms with Crippen LogP contribution in [0.15, 0.2) is 12.7 Å². The third-order valence-corrected chi connectivity index (χ3v) is 4.75. The normalized spacial score (nSPS) is 12.4. The summed E-state index contributed by atoms with van der Waals surface area (Å²) < 4.78 is 5.64. The van der Waals surface area contributed by atoms with Crippen LogP contribution in [-0.2, 0) is 4.74 Å². The van der Waals surface area contributed by atoms with E-state index in [-0.39, 0.29) is 12.5 Å². The first-order chi connectivity index (χ1) is 11.8. The van der Waals surface area contributed by atoms with Gasteiger partial charge < -0.3 is 9.84 Å². The molecule has 24 heavy (non-hydrogen) atoms. The number of rotatable bonds is 20. The van der Waals surface area contributed by atoms with E-state index in [0.29, 0.717) is 6.61 Å². The Balaban J connectivity index is 3.08. The zero-order valence-electron chi connectivity index (χ0n) is 16.4. The molecule has 1 unspecified atom stereocenters. The number of unbranched alkanes of at least 4 members (excludes halogenated alkanes) is 13. The molecule has 0 saturated carbocycles. The van der Waals surface area contributed by atoms with Gasteiger partial charge in [0.25, 0.3) is 0 Å². The fraction of sp³-hybridized carbons (Fsp3) is 0.909. The second kappa shape index (κ2) is 20.7. The van der Waals surface area contributed by atoms with Crippen molar-refractivity contribution in [1.82, 2.24) is 0 Å². The van der Waals surface area contributed by atoms with Crippen molar-refractivity contribution in [2.45, 2.75) is 103 Å². The third-order valence-electron chi connectivity index (χ3n) is 4.75. The highest BCUT2D eigenvalue weighted by Crippen LogP contribution is 2.13. The van der Waals surface area contributed by atoms with Gasteiger partial charge in [0, 0.05) is 19.1 Å². The second-order valence-corrected chi connectivity index (χ2v) is 7.24. The van der Waals surface area contributed by atoms with E-state index in [1.807, 2.05) is 6.08 Å². The zero-order chi connectivity index (χ0) is 17.7. The monoisotopic (exact) mass is 340 g/mol. The summed E-state index contributed by atoms with van der Waals surface area (Å²) in [4.78, 5) is 0. The predicted molar refractivity (Wildman–Crippen MR) is 107 cm³/mol.